The molecule has 104 valence electrons. The minimum atomic E-state index is 0.335. The number of rotatable bonds is 5. The molecule has 3 heteroatoms. The smallest absolute Gasteiger partial charge is 0.222 e. The molecule has 1 saturated heterocycles. The number of amides is 1. The van der Waals surface area contributed by atoms with E-state index in [4.69, 9.17) is 0 Å². The second kappa shape index (κ2) is 7.68. The summed E-state index contributed by atoms with van der Waals surface area (Å²) in [6.07, 6.45) is 5.05. The van der Waals surface area contributed by atoms with Crippen LogP contribution in [0.5, 0.6) is 0 Å². The fourth-order valence-electron chi connectivity index (χ4n) is 2.66. The van der Waals surface area contributed by atoms with Crippen molar-refractivity contribution in [3.05, 3.63) is 35.9 Å². The maximum absolute atomic E-state index is 12.2. The fourth-order valence-corrected chi connectivity index (χ4v) is 3.19. The summed E-state index contributed by atoms with van der Waals surface area (Å²) in [5.74, 6) is 0.980. The van der Waals surface area contributed by atoms with Crippen LogP contribution in [0, 0.1) is 5.92 Å². The fraction of sp³-hybridized carbons (Fsp3) is 0.562. The highest BCUT2D eigenvalue weighted by Gasteiger charge is 2.22. The van der Waals surface area contributed by atoms with Crippen molar-refractivity contribution in [2.45, 2.75) is 32.1 Å². The first kappa shape index (κ1) is 14.6. The highest BCUT2D eigenvalue weighted by atomic mass is 79.9. The predicted molar refractivity (Wildman–Crippen MR) is 82.5 cm³/mol. The highest BCUT2D eigenvalue weighted by Crippen LogP contribution is 2.19. The molecular weight excluding hydrogens is 302 g/mol. The molecule has 0 spiro atoms. The van der Waals surface area contributed by atoms with Crippen molar-refractivity contribution in [2.75, 3.05) is 18.4 Å². The van der Waals surface area contributed by atoms with Crippen molar-refractivity contribution < 1.29 is 4.79 Å². The molecule has 0 aliphatic carbocycles. The molecule has 0 N–H and O–H groups in total. The molecule has 0 aromatic heterocycles. The van der Waals surface area contributed by atoms with Crippen LogP contribution in [-0.2, 0) is 11.2 Å². The van der Waals surface area contributed by atoms with Crippen molar-refractivity contribution in [2.24, 2.45) is 5.92 Å². The number of benzene rings is 1. The molecule has 1 unspecified atom stereocenters. The Morgan fingerprint density at radius 1 is 1.32 bits per heavy atom. The maximum atomic E-state index is 12.2. The van der Waals surface area contributed by atoms with Crippen molar-refractivity contribution in [1.29, 1.82) is 0 Å². The third kappa shape index (κ3) is 4.64. The summed E-state index contributed by atoms with van der Waals surface area (Å²) in [5.41, 5.74) is 1.33. The van der Waals surface area contributed by atoms with Gasteiger partial charge in [-0.1, -0.05) is 46.3 Å². The Bertz CT molecular complexity index is 393. The van der Waals surface area contributed by atoms with Gasteiger partial charge in [0.15, 0.2) is 0 Å². The van der Waals surface area contributed by atoms with Crippen LogP contribution >= 0.6 is 15.9 Å². The lowest BCUT2D eigenvalue weighted by molar-refractivity contribution is -0.132. The Kier molecular flexibility index (Phi) is 5.90. The Morgan fingerprint density at radius 3 is 2.84 bits per heavy atom. The van der Waals surface area contributed by atoms with Crippen LogP contribution < -0.4 is 0 Å². The average molecular weight is 324 g/mol. The van der Waals surface area contributed by atoms with E-state index in [1.807, 2.05) is 6.07 Å². The van der Waals surface area contributed by atoms with E-state index in [0.717, 1.165) is 37.7 Å². The molecule has 19 heavy (non-hydrogen) atoms. The zero-order valence-corrected chi connectivity index (χ0v) is 12.9. The van der Waals surface area contributed by atoms with E-state index in [1.165, 1.54) is 12.0 Å². The second-order valence-corrected chi connectivity index (χ2v) is 5.99. The van der Waals surface area contributed by atoms with E-state index in [1.54, 1.807) is 0 Å². The summed E-state index contributed by atoms with van der Waals surface area (Å²) in [6.45, 7) is 1.89. The van der Waals surface area contributed by atoms with Gasteiger partial charge >= 0.3 is 0 Å². The second-order valence-electron chi connectivity index (χ2n) is 5.34. The van der Waals surface area contributed by atoms with Crippen molar-refractivity contribution in [3.8, 4) is 0 Å². The Morgan fingerprint density at radius 2 is 2.11 bits per heavy atom. The van der Waals surface area contributed by atoms with Crippen molar-refractivity contribution >= 4 is 21.8 Å². The largest absolute Gasteiger partial charge is 0.342 e. The molecular formula is C16H22BrNO. The Labute approximate surface area is 124 Å². The molecule has 1 heterocycles. The van der Waals surface area contributed by atoms with Gasteiger partial charge in [0.1, 0.15) is 0 Å². The highest BCUT2D eigenvalue weighted by molar-refractivity contribution is 9.09. The lowest BCUT2D eigenvalue weighted by Gasteiger charge is -2.32. The minimum Gasteiger partial charge on any atom is -0.342 e. The number of alkyl halides is 1. The molecule has 1 aliphatic heterocycles. The molecule has 2 nitrogen and oxygen atoms in total. The summed E-state index contributed by atoms with van der Waals surface area (Å²) < 4.78 is 0. The molecule has 1 aliphatic rings. The summed E-state index contributed by atoms with van der Waals surface area (Å²) in [6, 6.07) is 10.4. The normalized spacial score (nSPS) is 19.4. The van der Waals surface area contributed by atoms with E-state index in [9.17, 15) is 4.79 Å². The quantitative estimate of drug-likeness (QED) is 0.757. The molecule has 0 radical (unpaired) electrons. The lowest BCUT2D eigenvalue weighted by atomic mass is 9.99. The average Bonchev–Trinajstić information content (AvgIpc) is 2.48. The van der Waals surface area contributed by atoms with Gasteiger partial charge in [0.25, 0.3) is 0 Å². The number of halogens is 1. The first-order valence-corrected chi connectivity index (χ1v) is 8.29. The van der Waals surface area contributed by atoms with Crippen LogP contribution in [0.4, 0.5) is 0 Å². The van der Waals surface area contributed by atoms with Crippen LogP contribution in [0.15, 0.2) is 30.3 Å². The van der Waals surface area contributed by atoms with E-state index >= 15 is 0 Å². The molecule has 0 bridgehead atoms. The number of nitrogens with zero attached hydrogens (tertiary/aromatic N) is 1. The number of carbonyl (C=O) groups excluding carboxylic acids is 1. The SMILES string of the molecule is O=C(CCCc1ccccc1)N1CCCC(CBr)C1. The van der Waals surface area contributed by atoms with Crippen molar-refractivity contribution in [1.82, 2.24) is 4.90 Å². The van der Waals surface area contributed by atoms with Crippen molar-refractivity contribution in [3.63, 3.8) is 0 Å². The molecule has 1 aromatic carbocycles. The van der Waals surface area contributed by atoms with Crippen LogP contribution in [0.25, 0.3) is 0 Å². The summed E-state index contributed by atoms with van der Waals surface area (Å²) in [5, 5.41) is 1.01. The third-order valence-corrected chi connectivity index (χ3v) is 4.70. The summed E-state index contributed by atoms with van der Waals surface area (Å²) in [4.78, 5) is 14.2. The first-order chi connectivity index (χ1) is 9.29. The Hall–Kier alpha value is -0.830. The number of aryl methyl sites for hydroxylation is 1. The molecule has 2 rings (SSSR count). The van der Waals surface area contributed by atoms with Gasteiger partial charge in [-0.05, 0) is 37.2 Å². The molecule has 1 atom stereocenters. The van der Waals surface area contributed by atoms with Crippen LogP contribution in [-0.4, -0.2) is 29.2 Å². The summed E-state index contributed by atoms with van der Waals surface area (Å²) >= 11 is 3.53. The van der Waals surface area contributed by atoms with E-state index < -0.39 is 0 Å². The zero-order valence-electron chi connectivity index (χ0n) is 11.4. The van der Waals surface area contributed by atoms with Gasteiger partial charge in [-0.25, -0.2) is 0 Å². The third-order valence-electron chi connectivity index (χ3n) is 3.79. The van der Waals surface area contributed by atoms with E-state index in [2.05, 4.69) is 45.1 Å². The monoisotopic (exact) mass is 323 g/mol. The van der Waals surface area contributed by atoms with Gasteiger partial charge < -0.3 is 4.90 Å². The molecule has 1 amide bonds. The summed E-state index contributed by atoms with van der Waals surface area (Å²) in [7, 11) is 0. The van der Waals surface area contributed by atoms with Gasteiger partial charge in [0.05, 0.1) is 0 Å². The maximum Gasteiger partial charge on any atom is 0.222 e. The van der Waals surface area contributed by atoms with Crippen LogP contribution in [0.3, 0.4) is 0 Å². The van der Waals surface area contributed by atoms with Crippen LogP contribution in [0.2, 0.25) is 0 Å². The van der Waals surface area contributed by atoms with Gasteiger partial charge in [-0.3, -0.25) is 4.79 Å². The number of carbonyl (C=O) groups is 1. The van der Waals surface area contributed by atoms with Gasteiger partial charge in [0.2, 0.25) is 5.91 Å². The van der Waals surface area contributed by atoms with Crippen LogP contribution in [0.1, 0.15) is 31.2 Å². The Balaban J connectivity index is 1.72. The number of likely N-dealkylation sites (tertiary alicyclic amines) is 1. The minimum absolute atomic E-state index is 0.335. The van der Waals surface area contributed by atoms with Gasteiger partial charge in [0, 0.05) is 24.8 Å². The van der Waals surface area contributed by atoms with Gasteiger partial charge in [-0.15, -0.1) is 0 Å². The zero-order chi connectivity index (χ0) is 13.5. The predicted octanol–water partition coefficient (Wildman–Crippen LogP) is 3.64. The number of piperidine rings is 1. The number of hydrogen-bond donors (Lipinski definition) is 0. The molecule has 0 saturated carbocycles. The molecule has 1 aromatic rings. The first-order valence-electron chi connectivity index (χ1n) is 7.17. The molecule has 1 fully saturated rings. The van der Waals surface area contributed by atoms with E-state index in [0.29, 0.717) is 18.2 Å². The lowest BCUT2D eigenvalue weighted by Crippen LogP contribution is -2.40. The van der Waals surface area contributed by atoms with E-state index in [-0.39, 0.29) is 0 Å². The topological polar surface area (TPSA) is 20.3 Å². The van der Waals surface area contributed by atoms with Gasteiger partial charge in [-0.2, -0.15) is 0 Å². The standard InChI is InChI=1S/C16H22BrNO/c17-12-15-9-5-11-18(13-15)16(19)10-4-8-14-6-2-1-3-7-14/h1-3,6-7,15H,4-5,8-13H2. The number of hydrogen-bond acceptors (Lipinski definition) is 1.